The highest BCUT2D eigenvalue weighted by molar-refractivity contribution is 6.21. The van der Waals surface area contributed by atoms with E-state index in [1.54, 1.807) is 24.3 Å². The molecule has 5 heteroatoms. The summed E-state index contributed by atoms with van der Waals surface area (Å²) in [5.41, 5.74) is 0.724. The number of carboxylic acid groups (broad SMARTS) is 1. The van der Waals surface area contributed by atoms with Crippen molar-refractivity contribution >= 4 is 17.8 Å². The van der Waals surface area contributed by atoms with Crippen molar-refractivity contribution in [3.05, 3.63) is 47.5 Å². The molecule has 1 N–H and O–H groups in total. The smallest absolute Gasteiger partial charge is 0.328 e. The first-order valence-electron chi connectivity index (χ1n) is 4.96. The molecule has 0 aliphatic carbocycles. The number of aliphatic carboxylic acids is 1. The van der Waals surface area contributed by atoms with Gasteiger partial charge in [0, 0.05) is 12.6 Å². The fourth-order valence-corrected chi connectivity index (χ4v) is 1.66. The summed E-state index contributed by atoms with van der Waals surface area (Å²) < 4.78 is 0. The molecular weight excluding hydrogens is 222 g/mol. The lowest BCUT2D eigenvalue weighted by atomic mass is 10.1. The van der Waals surface area contributed by atoms with Crippen LogP contribution in [0.3, 0.4) is 0 Å². The summed E-state index contributed by atoms with van der Waals surface area (Å²) in [4.78, 5) is 34.9. The lowest BCUT2D eigenvalue weighted by Crippen LogP contribution is -2.29. The lowest BCUT2D eigenvalue weighted by molar-refractivity contribution is -0.131. The molecule has 86 valence electrons. The van der Waals surface area contributed by atoms with E-state index in [2.05, 4.69) is 0 Å². The second-order valence-electron chi connectivity index (χ2n) is 3.51. The molecule has 0 saturated carbocycles. The monoisotopic (exact) mass is 231 g/mol. The van der Waals surface area contributed by atoms with Crippen molar-refractivity contribution < 1.29 is 19.5 Å². The number of carbonyl (C=O) groups is 3. The largest absolute Gasteiger partial charge is 0.478 e. The first kappa shape index (κ1) is 11.1. The van der Waals surface area contributed by atoms with Gasteiger partial charge in [-0.05, 0) is 12.1 Å². The fourth-order valence-electron chi connectivity index (χ4n) is 1.66. The molecule has 0 atom stereocenters. The van der Waals surface area contributed by atoms with Gasteiger partial charge in [-0.15, -0.1) is 0 Å². The molecule has 2 rings (SSSR count). The Morgan fingerprint density at radius 3 is 2.18 bits per heavy atom. The standard InChI is InChI=1S/C12H9NO4/c14-10(15)6-3-7-13-11(16)8-4-1-2-5-9(8)12(13)17/h1-6H,7H2,(H,14,15). The molecule has 0 fully saturated rings. The topological polar surface area (TPSA) is 74.7 Å². The quantitative estimate of drug-likeness (QED) is 0.620. The summed E-state index contributed by atoms with van der Waals surface area (Å²) in [6.45, 7) is -0.0291. The van der Waals surface area contributed by atoms with Crippen LogP contribution < -0.4 is 0 Å². The van der Waals surface area contributed by atoms with Crippen LogP contribution in [0.15, 0.2) is 36.4 Å². The van der Waals surface area contributed by atoms with Gasteiger partial charge in [0.15, 0.2) is 0 Å². The predicted molar refractivity (Wildman–Crippen MR) is 58.6 cm³/mol. The molecule has 0 bridgehead atoms. The normalized spacial score (nSPS) is 14.5. The van der Waals surface area contributed by atoms with Gasteiger partial charge in [-0.1, -0.05) is 18.2 Å². The van der Waals surface area contributed by atoms with Gasteiger partial charge >= 0.3 is 5.97 Å². The molecule has 0 radical (unpaired) electrons. The molecule has 1 aromatic rings. The summed E-state index contributed by atoms with van der Waals surface area (Å²) >= 11 is 0. The highest BCUT2D eigenvalue weighted by Gasteiger charge is 2.33. The van der Waals surface area contributed by atoms with Crippen molar-refractivity contribution in [2.75, 3.05) is 6.54 Å². The van der Waals surface area contributed by atoms with Crippen molar-refractivity contribution in [3.8, 4) is 0 Å². The molecule has 2 amide bonds. The van der Waals surface area contributed by atoms with Gasteiger partial charge < -0.3 is 5.11 Å². The molecule has 1 aliphatic heterocycles. The van der Waals surface area contributed by atoms with Crippen LogP contribution in [0.4, 0.5) is 0 Å². The minimum atomic E-state index is -1.11. The maximum absolute atomic E-state index is 11.8. The van der Waals surface area contributed by atoms with Crippen molar-refractivity contribution in [1.82, 2.24) is 4.90 Å². The van der Waals surface area contributed by atoms with Gasteiger partial charge in [0.05, 0.1) is 11.1 Å². The molecule has 0 aromatic heterocycles. The average Bonchev–Trinajstić information content (AvgIpc) is 2.54. The van der Waals surface area contributed by atoms with Crippen molar-refractivity contribution in [3.63, 3.8) is 0 Å². The fraction of sp³-hybridized carbons (Fsp3) is 0.0833. The Hall–Kier alpha value is -2.43. The maximum atomic E-state index is 11.8. The van der Waals surface area contributed by atoms with E-state index in [9.17, 15) is 14.4 Å². The first-order chi connectivity index (χ1) is 8.11. The molecule has 1 aromatic carbocycles. The van der Waals surface area contributed by atoms with Crippen LogP contribution in [0.2, 0.25) is 0 Å². The van der Waals surface area contributed by atoms with Crippen LogP contribution in [0, 0.1) is 0 Å². The van der Waals surface area contributed by atoms with Crippen LogP contribution in [0.1, 0.15) is 20.7 Å². The average molecular weight is 231 g/mol. The minimum absolute atomic E-state index is 0.0291. The van der Waals surface area contributed by atoms with E-state index in [-0.39, 0.29) is 18.4 Å². The van der Waals surface area contributed by atoms with Gasteiger partial charge in [0.25, 0.3) is 11.8 Å². The van der Waals surface area contributed by atoms with Gasteiger partial charge in [0.1, 0.15) is 0 Å². The Balaban J connectivity index is 2.22. The molecule has 0 spiro atoms. The number of carboxylic acids is 1. The molecule has 17 heavy (non-hydrogen) atoms. The SMILES string of the molecule is O=C(O)C=CCN1C(=O)c2ccccc2C1=O. The van der Waals surface area contributed by atoms with Crippen molar-refractivity contribution in [2.45, 2.75) is 0 Å². The second-order valence-corrected chi connectivity index (χ2v) is 3.51. The first-order valence-corrected chi connectivity index (χ1v) is 4.96. The lowest BCUT2D eigenvalue weighted by Gasteiger charge is -2.09. The molecule has 1 heterocycles. The minimum Gasteiger partial charge on any atom is -0.478 e. The summed E-state index contributed by atoms with van der Waals surface area (Å²) in [5.74, 6) is -1.89. The van der Waals surface area contributed by atoms with Gasteiger partial charge in [-0.3, -0.25) is 14.5 Å². The molecule has 0 unspecified atom stereocenters. The van der Waals surface area contributed by atoms with Crippen LogP contribution in [-0.2, 0) is 4.79 Å². The van der Waals surface area contributed by atoms with Gasteiger partial charge in [-0.2, -0.15) is 0 Å². The third kappa shape index (κ3) is 1.94. The van der Waals surface area contributed by atoms with Crippen molar-refractivity contribution in [1.29, 1.82) is 0 Å². The van der Waals surface area contributed by atoms with E-state index in [4.69, 9.17) is 5.11 Å². The predicted octanol–water partition coefficient (Wildman–Crippen LogP) is 0.923. The third-order valence-corrected chi connectivity index (χ3v) is 2.43. The van der Waals surface area contributed by atoms with E-state index in [1.807, 2.05) is 0 Å². The summed E-state index contributed by atoms with van der Waals surface area (Å²) in [5, 5.41) is 8.42. The highest BCUT2D eigenvalue weighted by atomic mass is 16.4. The Morgan fingerprint density at radius 1 is 1.18 bits per heavy atom. The number of fused-ring (bicyclic) bond motifs is 1. The number of hydrogen-bond donors (Lipinski definition) is 1. The number of amides is 2. The molecular formula is C12H9NO4. The van der Waals surface area contributed by atoms with E-state index < -0.39 is 5.97 Å². The third-order valence-electron chi connectivity index (χ3n) is 2.43. The van der Waals surface area contributed by atoms with Crippen molar-refractivity contribution in [2.24, 2.45) is 0 Å². The summed E-state index contributed by atoms with van der Waals surface area (Å²) in [6, 6.07) is 6.52. The number of carbonyl (C=O) groups excluding carboxylic acids is 2. The zero-order valence-corrected chi connectivity index (χ0v) is 8.79. The summed E-state index contributed by atoms with van der Waals surface area (Å²) in [7, 11) is 0. The van der Waals surface area contributed by atoms with Gasteiger partial charge in [-0.25, -0.2) is 4.79 Å². The number of nitrogens with zero attached hydrogens (tertiary/aromatic N) is 1. The van der Waals surface area contributed by atoms with Crippen LogP contribution >= 0.6 is 0 Å². The Bertz CT molecular complexity index is 498. The Kier molecular flexibility index (Phi) is 2.74. The van der Waals surface area contributed by atoms with E-state index in [1.165, 1.54) is 6.08 Å². The number of benzene rings is 1. The molecule has 5 nitrogen and oxygen atoms in total. The zero-order chi connectivity index (χ0) is 12.4. The van der Waals surface area contributed by atoms with Gasteiger partial charge in [0.2, 0.25) is 0 Å². The summed E-state index contributed by atoms with van der Waals surface area (Å²) in [6.07, 6.45) is 2.17. The molecule has 1 aliphatic rings. The van der Waals surface area contributed by atoms with E-state index >= 15 is 0 Å². The molecule has 0 saturated heterocycles. The van der Waals surface area contributed by atoms with E-state index in [0.29, 0.717) is 11.1 Å². The highest BCUT2D eigenvalue weighted by Crippen LogP contribution is 2.21. The number of hydrogen-bond acceptors (Lipinski definition) is 3. The van der Waals surface area contributed by atoms with Crippen LogP contribution in [0.5, 0.6) is 0 Å². The Labute approximate surface area is 97.0 Å². The van der Waals surface area contributed by atoms with Crippen LogP contribution in [-0.4, -0.2) is 34.3 Å². The number of rotatable bonds is 3. The second kappa shape index (κ2) is 4.21. The van der Waals surface area contributed by atoms with E-state index in [0.717, 1.165) is 11.0 Å². The maximum Gasteiger partial charge on any atom is 0.328 e. The Morgan fingerprint density at radius 2 is 1.71 bits per heavy atom. The zero-order valence-electron chi connectivity index (χ0n) is 8.79. The number of imide groups is 1. The van der Waals surface area contributed by atoms with Crippen LogP contribution in [0.25, 0.3) is 0 Å².